The van der Waals surface area contributed by atoms with Gasteiger partial charge < -0.3 is 15.0 Å². The van der Waals surface area contributed by atoms with Crippen LogP contribution in [0.15, 0.2) is 78.9 Å². The zero-order valence-corrected chi connectivity index (χ0v) is 25.9. The van der Waals surface area contributed by atoms with Gasteiger partial charge in [-0.15, -0.1) is 0 Å². The highest BCUT2D eigenvalue weighted by atomic mass is 32.2. The molecular formula is C33H43N3O5S. The summed E-state index contributed by atoms with van der Waals surface area (Å²) in [5.74, 6) is 0.0265. The molecule has 0 aliphatic heterocycles. The molecule has 8 nitrogen and oxygen atoms in total. The van der Waals surface area contributed by atoms with E-state index in [1.54, 1.807) is 29.2 Å². The molecule has 1 unspecified atom stereocenters. The van der Waals surface area contributed by atoms with Crippen LogP contribution in [0.3, 0.4) is 0 Å². The van der Waals surface area contributed by atoms with Crippen LogP contribution in [0.25, 0.3) is 0 Å². The number of rotatable bonds is 16. The lowest BCUT2D eigenvalue weighted by Gasteiger charge is -2.32. The third kappa shape index (κ3) is 9.62. The number of para-hydroxylation sites is 2. The minimum Gasteiger partial charge on any atom is -0.495 e. The maximum absolute atomic E-state index is 13.9. The van der Waals surface area contributed by atoms with E-state index in [-0.39, 0.29) is 37.7 Å². The van der Waals surface area contributed by atoms with Gasteiger partial charge in [0, 0.05) is 32.5 Å². The Morgan fingerprint density at radius 3 is 2.29 bits per heavy atom. The van der Waals surface area contributed by atoms with Crippen LogP contribution in [0.2, 0.25) is 0 Å². The Hall–Kier alpha value is -3.85. The molecule has 9 heteroatoms. The van der Waals surface area contributed by atoms with E-state index in [2.05, 4.69) is 12.2 Å². The normalized spacial score (nSPS) is 11.9. The number of benzene rings is 3. The highest BCUT2D eigenvalue weighted by Crippen LogP contribution is 2.30. The first-order valence-electron chi connectivity index (χ1n) is 14.4. The van der Waals surface area contributed by atoms with Crippen molar-refractivity contribution in [3.05, 3.63) is 95.6 Å². The molecule has 0 aromatic heterocycles. The molecule has 0 bridgehead atoms. The summed E-state index contributed by atoms with van der Waals surface area (Å²) in [4.78, 5) is 29.2. The van der Waals surface area contributed by atoms with Crippen molar-refractivity contribution in [2.75, 3.05) is 30.8 Å². The van der Waals surface area contributed by atoms with Crippen molar-refractivity contribution in [1.82, 2.24) is 10.2 Å². The van der Waals surface area contributed by atoms with Crippen molar-refractivity contribution in [2.45, 2.75) is 58.5 Å². The standard InChI is InChI=1S/C33H43N3O5S/c1-5-6-21-34-33(38)30(24-27-15-8-7-9-16-27)35(25-28-17-12-14-26(2)23-28)32(37)20-13-22-36(42(4,39)40)29-18-10-11-19-31(29)41-3/h7-12,14-19,23,30H,5-6,13,20-22,24-25H2,1-4H3,(H,34,38). The molecule has 42 heavy (non-hydrogen) atoms. The number of amides is 2. The molecule has 2 amide bonds. The first kappa shape index (κ1) is 32.7. The van der Waals surface area contributed by atoms with Gasteiger partial charge in [0.25, 0.3) is 0 Å². The van der Waals surface area contributed by atoms with E-state index in [1.807, 2.05) is 61.5 Å². The third-order valence-electron chi connectivity index (χ3n) is 7.04. The van der Waals surface area contributed by atoms with Crippen LogP contribution in [0.1, 0.15) is 49.3 Å². The van der Waals surface area contributed by atoms with Gasteiger partial charge in [-0.05, 0) is 43.0 Å². The monoisotopic (exact) mass is 593 g/mol. The summed E-state index contributed by atoms with van der Waals surface area (Å²) >= 11 is 0. The van der Waals surface area contributed by atoms with Gasteiger partial charge in [0.05, 0.1) is 19.1 Å². The van der Waals surface area contributed by atoms with E-state index in [0.29, 0.717) is 24.4 Å². The average Bonchev–Trinajstić information content (AvgIpc) is 2.97. The lowest BCUT2D eigenvalue weighted by atomic mass is 10.0. The third-order valence-corrected chi connectivity index (χ3v) is 8.22. The highest BCUT2D eigenvalue weighted by Gasteiger charge is 2.30. The molecule has 3 aromatic rings. The summed E-state index contributed by atoms with van der Waals surface area (Å²) in [5.41, 5.74) is 3.36. The number of anilines is 1. The van der Waals surface area contributed by atoms with Crippen LogP contribution in [0.5, 0.6) is 5.75 Å². The van der Waals surface area contributed by atoms with E-state index in [4.69, 9.17) is 4.74 Å². The van der Waals surface area contributed by atoms with Gasteiger partial charge in [-0.25, -0.2) is 8.42 Å². The number of nitrogens with one attached hydrogen (secondary N) is 1. The summed E-state index contributed by atoms with van der Waals surface area (Å²) in [5, 5.41) is 3.03. The number of unbranched alkanes of at least 4 members (excludes halogenated alkanes) is 1. The molecule has 0 heterocycles. The predicted molar refractivity (Wildman–Crippen MR) is 168 cm³/mol. The Morgan fingerprint density at radius 2 is 1.62 bits per heavy atom. The van der Waals surface area contributed by atoms with E-state index in [0.717, 1.165) is 35.8 Å². The van der Waals surface area contributed by atoms with Crippen LogP contribution < -0.4 is 14.4 Å². The zero-order chi connectivity index (χ0) is 30.5. The van der Waals surface area contributed by atoms with Gasteiger partial charge in [-0.2, -0.15) is 0 Å². The summed E-state index contributed by atoms with van der Waals surface area (Å²) in [6.07, 6.45) is 3.64. The maximum Gasteiger partial charge on any atom is 0.243 e. The molecule has 0 aliphatic rings. The molecule has 226 valence electrons. The van der Waals surface area contributed by atoms with Crippen molar-refractivity contribution in [3.8, 4) is 5.75 Å². The Labute approximate surface area is 250 Å². The van der Waals surface area contributed by atoms with E-state index < -0.39 is 16.1 Å². The lowest BCUT2D eigenvalue weighted by Crippen LogP contribution is -2.50. The first-order chi connectivity index (χ1) is 20.1. The second kappa shape index (κ2) is 16.0. The number of sulfonamides is 1. The molecular weight excluding hydrogens is 550 g/mol. The number of nitrogens with zero attached hydrogens (tertiary/aromatic N) is 2. The molecule has 0 spiro atoms. The van der Waals surface area contributed by atoms with Crippen LogP contribution >= 0.6 is 0 Å². The summed E-state index contributed by atoms with van der Waals surface area (Å²) < 4.78 is 32.1. The molecule has 0 fully saturated rings. The minimum atomic E-state index is -3.64. The van der Waals surface area contributed by atoms with Crippen LogP contribution in [0, 0.1) is 6.92 Å². The summed E-state index contributed by atoms with van der Waals surface area (Å²) in [6, 6.07) is 23.8. The summed E-state index contributed by atoms with van der Waals surface area (Å²) in [6.45, 7) is 4.95. The molecule has 1 atom stereocenters. The Bertz CT molecular complexity index is 1410. The number of carbonyl (C=O) groups excluding carboxylic acids is 2. The van der Waals surface area contributed by atoms with E-state index in [9.17, 15) is 18.0 Å². The fourth-order valence-corrected chi connectivity index (χ4v) is 5.85. The van der Waals surface area contributed by atoms with E-state index in [1.165, 1.54) is 11.4 Å². The number of ether oxygens (including phenoxy) is 1. The quantitative estimate of drug-likeness (QED) is 0.233. The zero-order valence-electron chi connectivity index (χ0n) is 25.1. The van der Waals surface area contributed by atoms with E-state index >= 15 is 0 Å². The van der Waals surface area contributed by atoms with Gasteiger partial charge in [-0.3, -0.25) is 13.9 Å². The van der Waals surface area contributed by atoms with Crippen molar-refractivity contribution < 1.29 is 22.7 Å². The fourth-order valence-electron chi connectivity index (χ4n) is 4.89. The predicted octanol–water partition coefficient (Wildman–Crippen LogP) is 5.11. The van der Waals surface area contributed by atoms with Gasteiger partial charge in [0.1, 0.15) is 11.8 Å². The summed E-state index contributed by atoms with van der Waals surface area (Å²) in [7, 11) is -2.15. The first-order valence-corrected chi connectivity index (χ1v) is 16.3. The second-order valence-corrected chi connectivity index (χ2v) is 12.4. The van der Waals surface area contributed by atoms with Crippen molar-refractivity contribution in [2.24, 2.45) is 0 Å². The largest absolute Gasteiger partial charge is 0.495 e. The molecule has 3 aromatic carbocycles. The van der Waals surface area contributed by atoms with Crippen LogP contribution in [-0.4, -0.2) is 57.6 Å². The molecule has 3 rings (SSSR count). The Balaban J connectivity index is 1.89. The molecule has 0 saturated carbocycles. The molecule has 0 saturated heterocycles. The van der Waals surface area contributed by atoms with Crippen molar-refractivity contribution >= 4 is 27.5 Å². The fraction of sp³-hybridized carbons (Fsp3) is 0.394. The number of hydrogen-bond donors (Lipinski definition) is 1. The van der Waals surface area contributed by atoms with Crippen molar-refractivity contribution in [1.29, 1.82) is 0 Å². The average molecular weight is 594 g/mol. The van der Waals surface area contributed by atoms with Gasteiger partial charge >= 0.3 is 0 Å². The highest BCUT2D eigenvalue weighted by molar-refractivity contribution is 7.92. The molecule has 1 N–H and O–H groups in total. The van der Waals surface area contributed by atoms with Gasteiger partial charge in [0.15, 0.2) is 0 Å². The molecule has 0 aliphatic carbocycles. The van der Waals surface area contributed by atoms with Crippen molar-refractivity contribution in [3.63, 3.8) is 0 Å². The Morgan fingerprint density at radius 1 is 0.929 bits per heavy atom. The minimum absolute atomic E-state index is 0.0700. The number of methoxy groups -OCH3 is 1. The van der Waals surface area contributed by atoms with Crippen LogP contribution in [-0.2, 0) is 32.6 Å². The maximum atomic E-state index is 13.9. The Kier molecular flexibility index (Phi) is 12.4. The van der Waals surface area contributed by atoms with Crippen LogP contribution in [0.4, 0.5) is 5.69 Å². The van der Waals surface area contributed by atoms with Gasteiger partial charge in [0.2, 0.25) is 21.8 Å². The topological polar surface area (TPSA) is 96.0 Å². The number of hydrogen-bond acceptors (Lipinski definition) is 5. The lowest BCUT2D eigenvalue weighted by molar-refractivity contribution is -0.141. The number of carbonyl (C=O) groups is 2. The van der Waals surface area contributed by atoms with Gasteiger partial charge in [-0.1, -0.05) is 85.6 Å². The SMILES string of the molecule is CCCCNC(=O)C(Cc1ccccc1)N(Cc1cccc(C)c1)C(=O)CCCN(c1ccccc1OC)S(C)(=O)=O. The molecule has 0 radical (unpaired) electrons. The smallest absolute Gasteiger partial charge is 0.243 e. The second-order valence-electron chi connectivity index (χ2n) is 10.5. The number of aryl methyl sites for hydroxylation is 1.